The normalized spacial score (nSPS) is 16.1. The van der Waals surface area contributed by atoms with E-state index in [0.29, 0.717) is 10.9 Å². The third-order valence-electron chi connectivity index (χ3n) is 4.45. The molecule has 0 saturated carbocycles. The summed E-state index contributed by atoms with van der Waals surface area (Å²) in [5, 5.41) is 3.80. The maximum atomic E-state index is 13.0. The van der Waals surface area contributed by atoms with E-state index in [1.54, 1.807) is 18.3 Å². The molecule has 134 valence electrons. The van der Waals surface area contributed by atoms with Crippen molar-refractivity contribution in [1.29, 1.82) is 0 Å². The molecular weight excluding hydrogens is 339 g/mol. The van der Waals surface area contributed by atoms with Crippen LogP contribution in [0.4, 0.5) is 4.39 Å². The summed E-state index contributed by atoms with van der Waals surface area (Å²) >= 11 is 1.38. The smallest absolute Gasteiger partial charge is 0.230 e. The van der Waals surface area contributed by atoms with Gasteiger partial charge in [0.15, 0.2) is 5.16 Å². The van der Waals surface area contributed by atoms with Gasteiger partial charge in [0.1, 0.15) is 5.82 Å². The van der Waals surface area contributed by atoms with Gasteiger partial charge in [0.05, 0.1) is 17.6 Å². The molecule has 1 saturated heterocycles. The molecule has 2 N–H and O–H groups in total. The van der Waals surface area contributed by atoms with Crippen LogP contribution in [0.25, 0.3) is 11.3 Å². The Bertz CT molecular complexity index is 695. The first-order chi connectivity index (χ1) is 12.1. The van der Waals surface area contributed by atoms with Crippen molar-refractivity contribution in [1.82, 2.24) is 20.2 Å². The SMILES string of the molecule is CCN1CCC(NC(=O)CSc2ncc(-c3ccc(F)cc3)[nH]2)CC1. The van der Waals surface area contributed by atoms with Crippen LogP contribution in [-0.4, -0.2) is 52.2 Å². The largest absolute Gasteiger partial charge is 0.353 e. The molecule has 1 aliphatic rings. The summed E-state index contributed by atoms with van der Waals surface area (Å²) in [5.41, 5.74) is 1.68. The number of piperidine rings is 1. The lowest BCUT2D eigenvalue weighted by Crippen LogP contribution is -2.45. The summed E-state index contributed by atoms with van der Waals surface area (Å²) in [6, 6.07) is 6.52. The third-order valence-corrected chi connectivity index (χ3v) is 5.34. The first-order valence-corrected chi connectivity index (χ1v) is 9.58. The third kappa shape index (κ3) is 5.06. The monoisotopic (exact) mass is 362 g/mol. The van der Waals surface area contributed by atoms with E-state index in [9.17, 15) is 9.18 Å². The maximum absolute atomic E-state index is 13.0. The minimum absolute atomic E-state index is 0.0414. The second-order valence-electron chi connectivity index (χ2n) is 6.17. The number of carbonyl (C=O) groups excluding carboxylic acids is 1. The molecule has 0 unspecified atom stereocenters. The zero-order valence-corrected chi connectivity index (χ0v) is 15.1. The fourth-order valence-corrected chi connectivity index (χ4v) is 3.61. The molecule has 1 aliphatic heterocycles. The van der Waals surface area contributed by atoms with Crippen LogP contribution in [0.3, 0.4) is 0 Å². The molecule has 7 heteroatoms. The molecule has 0 atom stereocenters. The van der Waals surface area contributed by atoms with Crippen LogP contribution in [0.15, 0.2) is 35.6 Å². The second kappa shape index (κ2) is 8.49. The summed E-state index contributed by atoms with van der Waals surface area (Å²) in [4.78, 5) is 22.0. The van der Waals surface area contributed by atoms with Gasteiger partial charge >= 0.3 is 0 Å². The highest BCUT2D eigenvalue weighted by Crippen LogP contribution is 2.21. The molecule has 1 aromatic carbocycles. The highest BCUT2D eigenvalue weighted by molar-refractivity contribution is 7.99. The number of carbonyl (C=O) groups is 1. The van der Waals surface area contributed by atoms with E-state index in [0.717, 1.165) is 43.7 Å². The molecule has 3 rings (SSSR count). The predicted molar refractivity (Wildman–Crippen MR) is 98.0 cm³/mol. The zero-order valence-electron chi connectivity index (χ0n) is 14.3. The van der Waals surface area contributed by atoms with Crippen molar-refractivity contribution in [3.63, 3.8) is 0 Å². The van der Waals surface area contributed by atoms with Crippen LogP contribution < -0.4 is 5.32 Å². The predicted octanol–water partition coefficient (Wildman–Crippen LogP) is 2.91. The molecule has 5 nitrogen and oxygen atoms in total. The number of thioether (sulfide) groups is 1. The lowest BCUT2D eigenvalue weighted by atomic mass is 10.1. The van der Waals surface area contributed by atoms with Gasteiger partial charge in [-0.3, -0.25) is 4.79 Å². The van der Waals surface area contributed by atoms with Gasteiger partial charge < -0.3 is 15.2 Å². The molecule has 0 spiro atoms. The number of nitrogens with one attached hydrogen (secondary N) is 2. The van der Waals surface area contributed by atoms with Crippen LogP contribution in [0, 0.1) is 5.82 Å². The van der Waals surface area contributed by atoms with Gasteiger partial charge in [0, 0.05) is 19.1 Å². The Kier molecular flexibility index (Phi) is 6.09. The van der Waals surface area contributed by atoms with Gasteiger partial charge in [-0.15, -0.1) is 0 Å². The fraction of sp³-hybridized carbons (Fsp3) is 0.444. The number of halogens is 1. The fourth-order valence-electron chi connectivity index (χ4n) is 2.95. The number of likely N-dealkylation sites (tertiary alicyclic amines) is 1. The summed E-state index contributed by atoms with van der Waals surface area (Å²) in [6.07, 6.45) is 3.73. The Morgan fingerprint density at radius 3 is 2.76 bits per heavy atom. The Hall–Kier alpha value is -1.86. The number of hydrogen-bond donors (Lipinski definition) is 2. The first-order valence-electron chi connectivity index (χ1n) is 8.59. The van der Waals surface area contributed by atoms with Gasteiger partial charge in [-0.1, -0.05) is 18.7 Å². The topological polar surface area (TPSA) is 61.0 Å². The average Bonchev–Trinajstić information content (AvgIpc) is 3.10. The Balaban J connectivity index is 1.46. The van der Waals surface area contributed by atoms with Crippen molar-refractivity contribution < 1.29 is 9.18 Å². The molecule has 2 heterocycles. The molecule has 1 amide bonds. The summed E-state index contributed by atoms with van der Waals surface area (Å²) in [6.45, 7) is 5.34. The molecule has 25 heavy (non-hydrogen) atoms. The van der Waals surface area contributed by atoms with Gasteiger partial charge in [-0.05, 0) is 49.2 Å². The number of amides is 1. The van der Waals surface area contributed by atoms with Crippen molar-refractivity contribution in [2.45, 2.75) is 31.0 Å². The van der Waals surface area contributed by atoms with Crippen LogP contribution in [0.2, 0.25) is 0 Å². The summed E-state index contributed by atoms with van der Waals surface area (Å²) in [7, 11) is 0. The Morgan fingerprint density at radius 2 is 2.08 bits per heavy atom. The first kappa shape index (κ1) is 17.9. The minimum Gasteiger partial charge on any atom is -0.353 e. The van der Waals surface area contributed by atoms with E-state index in [1.807, 2.05) is 0 Å². The van der Waals surface area contributed by atoms with Crippen molar-refractivity contribution >= 4 is 17.7 Å². The van der Waals surface area contributed by atoms with Crippen molar-refractivity contribution in [2.75, 3.05) is 25.4 Å². The summed E-state index contributed by atoms with van der Waals surface area (Å²) in [5.74, 6) is 0.115. The molecule has 1 fully saturated rings. The molecule has 1 aromatic heterocycles. The van der Waals surface area contributed by atoms with Crippen LogP contribution in [0.5, 0.6) is 0 Å². The number of rotatable bonds is 6. The van der Waals surface area contributed by atoms with Crippen molar-refractivity contribution in [2.24, 2.45) is 0 Å². The van der Waals surface area contributed by atoms with Gasteiger partial charge in [0.2, 0.25) is 5.91 Å². The van der Waals surface area contributed by atoms with E-state index < -0.39 is 0 Å². The van der Waals surface area contributed by atoms with Crippen LogP contribution >= 0.6 is 11.8 Å². The number of H-pyrrole nitrogens is 1. The highest BCUT2D eigenvalue weighted by atomic mass is 32.2. The van der Waals surface area contributed by atoms with Crippen LogP contribution in [-0.2, 0) is 4.79 Å². The van der Waals surface area contributed by atoms with Gasteiger partial charge in [-0.25, -0.2) is 9.37 Å². The zero-order chi connectivity index (χ0) is 17.6. The lowest BCUT2D eigenvalue weighted by Gasteiger charge is -2.31. The van der Waals surface area contributed by atoms with Gasteiger partial charge in [0.25, 0.3) is 0 Å². The van der Waals surface area contributed by atoms with E-state index in [-0.39, 0.29) is 17.8 Å². The highest BCUT2D eigenvalue weighted by Gasteiger charge is 2.19. The average molecular weight is 362 g/mol. The Morgan fingerprint density at radius 1 is 1.36 bits per heavy atom. The van der Waals surface area contributed by atoms with E-state index in [1.165, 1.54) is 23.9 Å². The number of imidazole rings is 1. The quantitative estimate of drug-likeness (QED) is 0.776. The number of aromatic nitrogens is 2. The standard InChI is InChI=1S/C18H23FN4OS/c1-2-23-9-7-15(8-10-23)21-17(24)12-25-18-20-11-16(22-18)13-3-5-14(19)6-4-13/h3-6,11,15H,2,7-10,12H2,1H3,(H,20,22)(H,21,24). The van der Waals surface area contributed by atoms with Crippen molar-refractivity contribution in [3.05, 3.63) is 36.3 Å². The molecule has 0 bridgehead atoms. The van der Waals surface area contributed by atoms with Crippen LogP contribution in [0.1, 0.15) is 19.8 Å². The second-order valence-corrected chi connectivity index (χ2v) is 7.14. The molecule has 0 radical (unpaired) electrons. The van der Waals surface area contributed by atoms with E-state index in [4.69, 9.17) is 0 Å². The summed E-state index contributed by atoms with van der Waals surface area (Å²) < 4.78 is 13.0. The number of aromatic amines is 1. The lowest BCUT2D eigenvalue weighted by molar-refractivity contribution is -0.119. The van der Waals surface area contributed by atoms with Crippen molar-refractivity contribution in [3.8, 4) is 11.3 Å². The molecule has 2 aromatic rings. The van der Waals surface area contributed by atoms with E-state index in [2.05, 4.69) is 27.1 Å². The maximum Gasteiger partial charge on any atom is 0.230 e. The number of hydrogen-bond acceptors (Lipinski definition) is 4. The minimum atomic E-state index is -0.265. The van der Waals surface area contributed by atoms with Gasteiger partial charge in [-0.2, -0.15) is 0 Å². The molecule has 0 aliphatic carbocycles. The Labute approximate surface area is 151 Å². The molecular formula is C18H23FN4OS. The van der Waals surface area contributed by atoms with E-state index >= 15 is 0 Å². The number of benzene rings is 1. The number of nitrogens with zero attached hydrogens (tertiary/aromatic N) is 2.